The number of ether oxygens (including phenoxy) is 2. The zero-order valence-electron chi connectivity index (χ0n) is 10.9. The highest BCUT2D eigenvalue weighted by molar-refractivity contribution is 5.86. The Hall–Kier alpha value is -2.83. The van der Waals surface area contributed by atoms with Crippen LogP contribution in [0.4, 0.5) is 0 Å². The summed E-state index contributed by atoms with van der Waals surface area (Å²) >= 11 is 0. The van der Waals surface area contributed by atoms with Crippen molar-refractivity contribution in [2.75, 3.05) is 14.2 Å². The Morgan fingerprint density at radius 2 is 2.10 bits per heavy atom. The van der Waals surface area contributed by atoms with Crippen LogP contribution in [-0.2, 0) is 4.79 Å². The van der Waals surface area contributed by atoms with Crippen LogP contribution >= 0.6 is 0 Å². The van der Waals surface area contributed by atoms with Crippen LogP contribution in [-0.4, -0.2) is 34.8 Å². The van der Waals surface area contributed by atoms with E-state index >= 15 is 0 Å². The van der Waals surface area contributed by atoms with Gasteiger partial charge in [-0.1, -0.05) is 0 Å². The third kappa shape index (κ3) is 2.46. The number of fused-ring (bicyclic) bond motifs is 1. The number of carbonyl (C=O) groups is 1. The number of hydrogen-bond donors (Lipinski definition) is 1. The highest BCUT2D eigenvalue weighted by atomic mass is 16.5. The second kappa shape index (κ2) is 5.43. The van der Waals surface area contributed by atoms with Crippen LogP contribution in [0.25, 0.3) is 17.1 Å². The van der Waals surface area contributed by atoms with Gasteiger partial charge in [-0.15, -0.1) is 0 Å². The molecule has 0 saturated heterocycles. The van der Waals surface area contributed by atoms with Crippen molar-refractivity contribution in [2.24, 2.45) is 0 Å². The molecule has 2 rings (SSSR count). The molecular formula is C13H12N2O5. The number of methoxy groups -OCH3 is 2. The van der Waals surface area contributed by atoms with E-state index in [1.165, 1.54) is 26.6 Å². The molecule has 0 bridgehead atoms. The van der Waals surface area contributed by atoms with Crippen molar-refractivity contribution in [3.63, 3.8) is 0 Å². The predicted molar refractivity (Wildman–Crippen MR) is 72.1 cm³/mol. The lowest BCUT2D eigenvalue weighted by Crippen LogP contribution is -2.16. The topological polar surface area (TPSA) is 90.7 Å². The van der Waals surface area contributed by atoms with Gasteiger partial charge in [0.05, 0.1) is 19.6 Å². The summed E-state index contributed by atoms with van der Waals surface area (Å²) < 4.78 is 11.3. The van der Waals surface area contributed by atoms with Gasteiger partial charge in [0.2, 0.25) is 0 Å². The molecular weight excluding hydrogens is 264 g/mol. The number of hydrogen-bond acceptors (Lipinski definition) is 5. The summed E-state index contributed by atoms with van der Waals surface area (Å²) in [5.41, 5.74) is -0.0250. The molecule has 0 aliphatic heterocycles. The summed E-state index contributed by atoms with van der Waals surface area (Å²) in [5.74, 6) is -0.292. The molecule has 0 fully saturated rings. The molecule has 1 aromatic heterocycles. The first-order chi connectivity index (χ1) is 9.56. The van der Waals surface area contributed by atoms with E-state index < -0.39 is 11.5 Å². The van der Waals surface area contributed by atoms with E-state index in [-0.39, 0.29) is 5.39 Å². The smallest absolute Gasteiger partial charge is 0.329 e. The molecule has 20 heavy (non-hydrogen) atoms. The maximum atomic E-state index is 12.2. The van der Waals surface area contributed by atoms with E-state index in [0.29, 0.717) is 17.0 Å². The van der Waals surface area contributed by atoms with E-state index in [4.69, 9.17) is 14.6 Å². The van der Waals surface area contributed by atoms with E-state index in [1.54, 1.807) is 6.07 Å². The molecule has 7 heteroatoms. The summed E-state index contributed by atoms with van der Waals surface area (Å²) in [4.78, 5) is 26.8. The van der Waals surface area contributed by atoms with E-state index in [0.717, 1.165) is 16.8 Å². The number of aliphatic carboxylic acids is 1. The number of benzene rings is 1. The first-order valence-corrected chi connectivity index (χ1v) is 5.61. The quantitative estimate of drug-likeness (QED) is 0.837. The van der Waals surface area contributed by atoms with Crippen molar-refractivity contribution in [2.45, 2.75) is 0 Å². The molecule has 1 heterocycles. The van der Waals surface area contributed by atoms with Gasteiger partial charge in [0, 0.05) is 18.3 Å². The molecule has 2 aromatic rings. The lowest BCUT2D eigenvalue weighted by atomic mass is 10.2. The van der Waals surface area contributed by atoms with Crippen LogP contribution in [0.1, 0.15) is 0 Å². The second-order valence-electron chi connectivity index (χ2n) is 3.84. The number of carboxylic acids is 1. The summed E-state index contributed by atoms with van der Waals surface area (Å²) in [6, 6.07) is 3.14. The standard InChI is InChI=1S/C13H12N2O5/c1-19-8-5-9-12(10(6-8)20-2)14-7-15(13(9)18)4-3-11(16)17/h3-7H,1-2H3,(H,16,17)/b4-3+. The average molecular weight is 276 g/mol. The van der Waals surface area contributed by atoms with Crippen molar-refractivity contribution in [1.82, 2.24) is 9.55 Å². The molecule has 0 saturated carbocycles. The summed E-state index contributed by atoms with van der Waals surface area (Å²) in [6.45, 7) is 0. The Labute approximate surface area is 113 Å². The Balaban J connectivity index is 2.71. The largest absolute Gasteiger partial charge is 0.497 e. The summed E-state index contributed by atoms with van der Waals surface area (Å²) in [5, 5.41) is 8.86. The van der Waals surface area contributed by atoms with Gasteiger partial charge in [0.15, 0.2) is 0 Å². The Bertz CT molecular complexity index is 748. The average Bonchev–Trinajstić information content (AvgIpc) is 2.45. The third-order valence-electron chi connectivity index (χ3n) is 2.66. The first-order valence-electron chi connectivity index (χ1n) is 5.61. The van der Waals surface area contributed by atoms with E-state index in [1.807, 2.05) is 0 Å². The second-order valence-corrected chi connectivity index (χ2v) is 3.84. The van der Waals surface area contributed by atoms with E-state index in [9.17, 15) is 9.59 Å². The SMILES string of the molecule is COc1cc(OC)c2ncn(/C=C/C(=O)O)c(=O)c2c1. The number of nitrogens with zero attached hydrogens (tertiary/aromatic N) is 2. The molecule has 0 atom stereocenters. The first kappa shape index (κ1) is 13.6. The van der Waals surface area contributed by atoms with Crippen molar-refractivity contribution in [1.29, 1.82) is 0 Å². The van der Waals surface area contributed by atoms with Crippen LogP contribution < -0.4 is 15.0 Å². The van der Waals surface area contributed by atoms with Crippen molar-refractivity contribution >= 4 is 23.1 Å². The van der Waals surface area contributed by atoms with Crippen molar-refractivity contribution in [3.8, 4) is 11.5 Å². The molecule has 0 radical (unpaired) electrons. The molecule has 0 aliphatic rings. The van der Waals surface area contributed by atoms with Crippen molar-refractivity contribution in [3.05, 3.63) is 34.9 Å². The third-order valence-corrected chi connectivity index (χ3v) is 2.66. The van der Waals surface area contributed by atoms with Gasteiger partial charge in [0.1, 0.15) is 23.3 Å². The minimum absolute atomic E-state index is 0.277. The molecule has 0 amide bonds. The van der Waals surface area contributed by atoms with Crippen LogP contribution in [0.3, 0.4) is 0 Å². The fourth-order valence-electron chi connectivity index (χ4n) is 1.71. The van der Waals surface area contributed by atoms with Gasteiger partial charge >= 0.3 is 5.97 Å². The van der Waals surface area contributed by atoms with Gasteiger partial charge in [-0.2, -0.15) is 0 Å². The molecule has 104 valence electrons. The van der Waals surface area contributed by atoms with Gasteiger partial charge in [-0.25, -0.2) is 9.78 Å². The maximum Gasteiger partial charge on any atom is 0.329 e. The normalized spacial score (nSPS) is 10.9. The summed E-state index contributed by atoms with van der Waals surface area (Å²) in [6.07, 6.45) is 3.22. The fourth-order valence-corrected chi connectivity index (χ4v) is 1.71. The zero-order valence-corrected chi connectivity index (χ0v) is 10.9. The zero-order chi connectivity index (χ0) is 14.7. The van der Waals surface area contributed by atoms with Gasteiger partial charge in [-0.3, -0.25) is 9.36 Å². The van der Waals surface area contributed by atoms with Crippen LogP contribution in [0.5, 0.6) is 11.5 Å². The lowest BCUT2D eigenvalue weighted by Gasteiger charge is -2.08. The predicted octanol–water partition coefficient (Wildman–Crippen LogP) is 0.969. The molecule has 1 N–H and O–H groups in total. The lowest BCUT2D eigenvalue weighted by molar-refractivity contribution is -0.131. The monoisotopic (exact) mass is 276 g/mol. The Morgan fingerprint density at radius 1 is 1.35 bits per heavy atom. The highest BCUT2D eigenvalue weighted by Crippen LogP contribution is 2.27. The molecule has 0 spiro atoms. The minimum atomic E-state index is -1.15. The maximum absolute atomic E-state index is 12.2. The van der Waals surface area contributed by atoms with E-state index in [2.05, 4.69) is 4.98 Å². The van der Waals surface area contributed by atoms with Crippen molar-refractivity contribution < 1.29 is 19.4 Å². The van der Waals surface area contributed by atoms with Crippen LogP contribution in [0.2, 0.25) is 0 Å². The molecule has 1 aromatic carbocycles. The summed E-state index contributed by atoms with van der Waals surface area (Å²) in [7, 11) is 2.94. The van der Waals surface area contributed by atoms with Gasteiger partial charge < -0.3 is 14.6 Å². The number of aromatic nitrogens is 2. The molecule has 0 unspecified atom stereocenters. The van der Waals surface area contributed by atoms with Crippen LogP contribution in [0.15, 0.2) is 29.3 Å². The number of rotatable bonds is 4. The fraction of sp³-hybridized carbons (Fsp3) is 0.154. The molecule has 0 aliphatic carbocycles. The highest BCUT2D eigenvalue weighted by Gasteiger charge is 2.10. The minimum Gasteiger partial charge on any atom is -0.497 e. The molecule has 7 nitrogen and oxygen atoms in total. The number of carboxylic acid groups (broad SMARTS) is 1. The Kier molecular flexibility index (Phi) is 3.69. The van der Waals surface area contributed by atoms with Crippen LogP contribution in [0, 0.1) is 0 Å². The van der Waals surface area contributed by atoms with Gasteiger partial charge in [0.25, 0.3) is 5.56 Å². The van der Waals surface area contributed by atoms with Gasteiger partial charge in [-0.05, 0) is 6.07 Å². The Morgan fingerprint density at radius 3 is 2.70 bits per heavy atom.